The van der Waals surface area contributed by atoms with E-state index in [1.165, 1.54) is 5.40 Å². The van der Waals surface area contributed by atoms with Crippen LogP contribution in [0.1, 0.15) is 0 Å². The molecule has 4 heteroatoms. The van der Waals surface area contributed by atoms with E-state index in [0.29, 0.717) is 0 Å². The van der Waals surface area contributed by atoms with Crippen molar-refractivity contribution in [2.75, 3.05) is 0 Å². The number of thiocyanates is 1. The highest BCUT2D eigenvalue weighted by atomic mass is 35.5. The number of rotatable bonds is 0. The van der Waals surface area contributed by atoms with Crippen molar-refractivity contribution in [1.29, 1.82) is 5.26 Å². The van der Waals surface area contributed by atoms with E-state index < -0.39 is 0 Å². The van der Waals surface area contributed by atoms with E-state index in [9.17, 15) is 0 Å². The zero-order valence-electron chi connectivity index (χ0n) is 2.22. The molecule has 1 N–H and O–H groups in total. The molecule has 0 atom stereocenters. The van der Waals surface area contributed by atoms with Gasteiger partial charge in [-0.1, -0.05) is 12.6 Å². The molecule has 0 rings (SSSR count). The van der Waals surface area contributed by atoms with Crippen LogP contribution in [0.15, 0.2) is 0 Å². The van der Waals surface area contributed by atoms with Crippen LogP contribution in [0.3, 0.4) is 0 Å². The minimum Gasteiger partial charge on any atom is -0.295 e. The number of nitriles is 1. The van der Waals surface area contributed by atoms with E-state index in [1.54, 1.807) is 0 Å². The second-order valence-electron chi connectivity index (χ2n) is 0.100. The van der Waals surface area contributed by atoms with Crippen molar-refractivity contribution in [3.8, 4) is 5.40 Å². The normalized spacial score (nSPS) is 2.80. The molecule has 0 aromatic carbocycles. The third-order valence-electron chi connectivity index (χ3n) is 0. The van der Waals surface area contributed by atoms with Crippen LogP contribution in [0.25, 0.3) is 0 Å². The maximum Gasteiger partial charge on any atom is 0.130 e. The van der Waals surface area contributed by atoms with E-state index in [2.05, 4.69) is 24.5 Å². The fourth-order valence-electron chi connectivity index (χ4n) is 0. The standard InChI is InChI=1S/CHNS.ClHO/c2-1-3;1-2/h3H;2H. The summed E-state index contributed by atoms with van der Waals surface area (Å²) in [6.45, 7) is 0. The van der Waals surface area contributed by atoms with Gasteiger partial charge in [-0.3, -0.25) is 4.66 Å². The lowest BCUT2D eigenvalue weighted by Crippen LogP contribution is -0.961. The summed E-state index contributed by atoms with van der Waals surface area (Å²) in [4.78, 5) is 0. The summed E-state index contributed by atoms with van der Waals surface area (Å²) < 4.78 is 6.47. The monoisotopic (exact) mass is 111 g/mol. The Labute approximate surface area is 40.6 Å². The van der Waals surface area contributed by atoms with Gasteiger partial charge >= 0.3 is 0 Å². The molecule has 0 saturated carbocycles. The first-order valence-electron chi connectivity index (χ1n) is 0.616. The number of nitrogens with zero attached hydrogens (tertiary/aromatic N) is 1. The Bertz CT molecular complexity index is 33.1. The lowest BCUT2D eigenvalue weighted by atomic mass is 11.8. The van der Waals surface area contributed by atoms with Crippen LogP contribution in [0.4, 0.5) is 0 Å². The minimum atomic E-state index is 1.44. The Morgan fingerprint density at radius 1 is 1.80 bits per heavy atom. The van der Waals surface area contributed by atoms with Gasteiger partial charge in [0.1, 0.15) is 5.40 Å². The molecular weight excluding hydrogens is 110 g/mol. The van der Waals surface area contributed by atoms with Gasteiger partial charge < -0.3 is 0 Å². The van der Waals surface area contributed by atoms with Gasteiger partial charge in [-0.15, -0.1) is 0 Å². The van der Waals surface area contributed by atoms with E-state index in [4.69, 9.17) is 9.92 Å². The lowest BCUT2D eigenvalue weighted by Gasteiger charge is -1.14. The second-order valence-corrected chi connectivity index (χ2v) is 0.300. The molecule has 0 amide bonds. The Morgan fingerprint density at radius 3 is 1.80 bits per heavy atom. The quantitative estimate of drug-likeness (QED) is 0.354. The molecule has 0 aliphatic heterocycles. The SMILES string of the molecule is N#CS.OCl. The Kier molecular flexibility index (Phi) is 58.6. The number of halogens is 1. The average Bonchev–Trinajstić information content (AvgIpc) is 1.46. The highest BCUT2D eigenvalue weighted by Crippen LogP contribution is 1.46. The maximum atomic E-state index is 7.18. The highest BCUT2D eigenvalue weighted by molar-refractivity contribution is 7.85. The van der Waals surface area contributed by atoms with E-state index in [1.807, 2.05) is 0 Å². The van der Waals surface area contributed by atoms with Gasteiger partial charge in [0, 0.05) is 0 Å². The number of hydrogen-bond donors (Lipinski definition) is 2. The molecule has 0 aliphatic carbocycles. The Morgan fingerprint density at radius 2 is 1.80 bits per heavy atom. The van der Waals surface area contributed by atoms with Crippen molar-refractivity contribution in [3.63, 3.8) is 0 Å². The van der Waals surface area contributed by atoms with Crippen molar-refractivity contribution in [1.82, 2.24) is 0 Å². The van der Waals surface area contributed by atoms with Crippen LogP contribution in [0.2, 0.25) is 0 Å². The van der Waals surface area contributed by atoms with Crippen molar-refractivity contribution in [3.05, 3.63) is 0 Å². The molecule has 0 heterocycles. The predicted molar refractivity (Wildman–Crippen MR) is 22.7 cm³/mol. The molecule has 0 unspecified atom stereocenters. The molecule has 5 heavy (non-hydrogen) atoms. The average molecular weight is 112 g/mol. The first-order chi connectivity index (χ1) is 2.41. The molecule has 0 bridgehead atoms. The minimum absolute atomic E-state index is 1.44. The molecule has 0 saturated heterocycles. The van der Waals surface area contributed by atoms with Crippen molar-refractivity contribution in [2.45, 2.75) is 0 Å². The molecule has 30 valence electrons. The number of hydrogen-bond acceptors (Lipinski definition) is 3. The number of thiol groups is 1. The summed E-state index contributed by atoms with van der Waals surface area (Å²) in [6, 6.07) is 0. The summed E-state index contributed by atoms with van der Waals surface area (Å²) in [5.74, 6) is 0. The van der Waals surface area contributed by atoms with Gasteiger partial charge in [-0.05, 0) is 0 Å². The smallest absolute Gasteiger partial charge is 0.130 e. The fourth-order valence-corrected chi connectivity index (χ4v) is 0. The topological polar surface area (TPSA) is 44.0 Å². The first-order valence-corrected chi connectivity index (χ1v) is 1.40. The van der Waals surface area contributed by atoms with Gasteiger partial charge in [-0.2, -0.15) is 5.26 Å². The van der Waals surface area contributed by atoms with Crippen LogP contribution in [-0.2, 0) is 0 Å². The maximum absolute atomic E-state index is 7.18. The lowest BCUT2D eigenvalue weighted by molar-refractivity contribution is 0.632. The van der Waals surface area contributed by atoms with Gasteiger partial charge in [0.2, 0.25) is 0 Å². The van der Waals surface area contributed by atoms with Crippen molar-refractivity contribution < 1.29 is 4.66 Å². The van der Waals surface area contributed by atoms with Gasteiger partial charge in [0.25, 0.3) is 0 Å². The fraction of sp³-hybridized carbons (Fsp3) is 0. The molecule has 0 aromatic rings. The zero-order chi connectivity index (χ0) is 4.71. The predicted octanol–water partition coefficient (Wildman–Crippen LogP) is 0.530. The molecule has 0 radical (unpaired) electrons. The summed E-state index contributed by atoms with van der Waals surface area (Å²) >= 11 is 6.73. The molecule has 0 aromatic heterocycles. The van der Waals surface area contributed by atoms with Crippen molar-refractivity contribution in [2.24, 2.45) is 0 Å². The van der Waals surface area contributed by atoms with Gasteiger partial charge in [-0.25, -0.2) is 0 Å². The van der Waals surface area contributed by atoms with Crippen LogP contribution < -0.4 is 0 Å². The van der Waals surface area contributed by atoms with Crippen LogP contribution in [-0.4, -0.2) is 4.66 Å². The molecule has 0 spiro atoms. The Balaban J connectivity index is 0. The highest BCUT2D eigenvalue weighted by Gasteiger charge is 1.18. The van der Waals surface area contributed by atoms with Crippen molar-refractivity contribution >= 4 is 24.5 Å². The zero-order valence-corrected chi connectivity index (χ0v) is 3.87. The molecular formula is CH2ClNOS. The van der Waals surface area contributed by atoms with E-state index in [-0.39, 0.29) is 0 Å². The molecule has 0 aliphatic rings. The summed E-state index contributed by atoms with van der Waals surface area (Å²) in [7, 11) is 0. The van der Waals surface area contributed by atoms with Gasteiger partial charge in [0.05, 0.1) is 11.9 Å². The van der Waals surface area contributed by atoms with Crippen LogP contribution in [0, 0.1) is 10.7 Å². The van der Waals surface area contributed by atoms with Crippen LogP contribution in [0.5, 0.6) is 0 Å². The van der Waals surface area contributed by atoms with E-state index in [0.717, 1.165) is 0 Å². The second kappa shape index (κ2) is 32.9. The third-order valence-corrected chi connectivity index (χ3v) is 0. The third kappa shape index (κ3) is 2210. The largest absolute Gasteiger partial charge is 0.295 e. The Hall–Kier alpha value is 0.0900. The first kappa shape index (κ1) is 8.92. The summed E-state index contributed by atoms with van der Waals surface area (Å²) in [5, 5.41) is 8.63. The summed E-state index contributed by atoms with van der Waals surface area (Å²) in [6.07, 6.45) is 0. The molecule has 0 fully saturated rings. The van der Waals surface area contributed by atoms with Gasteiger partial charge in [0.15, 0.2) is 0 Å². The molecule has 2 nitrogen and oxygen atoms in total. The van der Waals surface area contributed by atoms with Crippen LogP contribution >= 0.6 is 24.5 Å². The van der Waals surface area contributed by atoms with E-state index >= 15 is 0 Å². The summed E-state index contributed by atoms with van der Waals surface area (Å²) in [5.41, 5.74) is 0.